The number of primary sulfonamides is 1. The summed E-state index contributed by atoms with van der Waals surface area (Å²) in [5.41, 5.74) is 0.994. The summed E-state index contributed by atoms with van der Waals surface area (Å²) in [6, 6.07) is 20.6. The molecule has 9 heteroatoms. The molecule has 0 radical (unpaired) electrons. The van der Waals surface area contributed by atoms with E-state index in [1.165, 1.54) is 18.2 Å². The van der Waals surface area contributed by atoms with Gasteiger partial charge in [0, 0.05) is 17.3 Å². The van der Waals surface area contributed by atoms with Gasteiger partial charge in [-0.2, -0.15) is 5.26 Å². The topological polar surface area (TPSA) is 139 Å². The summed E-state index contributed by atoms with van der Waals surface area (Å²) in [6.45, 7) is 4.00. The Balaban J connectivity index is 1.74. The van der Waals surface area contributed by atoms with Crippen molar-refractivity contribution < 1.29 is 17.9 Å². The Morgan fingerprint density at radius 3 is 2.40 bits per heavy atom. The normalized spacial score (nSPS) is 11.9. The second-order valence-corrected chi connectivity index (χ2v) is 9.37. The number of furan rings is 1. The SMILES string of the molecule is C=c1c(C#N)c(O)n(CCc2ccccc2)c(=O)/c1=C/c1ccc(-c2ccc(S(N)(=O)=O)cc2)o1. The number of pyridine rings is 1. The van der Waals surface area contributed by atoms with Crippen molar-refractivity contribution in [1.82, 2.24) is 4.57 Å². The molecule has 2 heterocycles. The van der Waals surface area contributed by atoms with E-state index in [0.717, 1.165) is 10.1 Å². The third-order valence-corrected chi connectivity index (χ3v) is 6.47. The molecule has 2 aromatic heterocycles. The molecule has 4 aromatic rings. The molecule has 2 aromatic carbocycles. The maximum Gasteiger partial charge on any atom is 0.261 e. The third-order valence-electron chi connectivity index (χ3n) is 5.54. The van der Waals surface area contributed by atoms with Crippen molar-refractivity contribution >= 4 is 22.7 Å². The van der Waals surface area contributed by atoms with Crippen LogP contribution in [0.15, 0.2) is 80.8 Å². The predicted molar refractivity (Wildman–Crippen MR) is 131 cm³/mol. The van der Waals surface area contributed by atoms with Crippen LogP contribution in [0.5, 0.6) is 5.88 Å². The number of aromatic hydroxyl groups is 1. The first-order valence-electron chi connectivity index (χ1n) is 10.5. The van der Waals surface area contributed by atoms with Crippen LogP contribution in [0.1, 0.15) is 16.9 Å². The molecule has 0 saturated heterocycles. The fraction of sp³-hybridized carbons (Fsp3) is 0.0769. The Hall–Kier alpha value is -4.39. The molecule has 0 aliphatic carbocycles. The smallest absolute Gasteiger partial charge is 0.261 e. The van der Waals surface area contributed by atoms with Gasteiger partial charge >= 0.3 is 0 Å². The van der Waals surface area contributed by atoms with E-state index in [2.05, 4.69) is 6.58 Å². The van der Waals surface area contributed by atoms with E-state index in [4.69, 9.17) is 9.56 Å². The Morgan fingerprint density at radius 1 is 1.09 bits per heavy atom. The summed E-state index contributed by atoms with van der Waals surface area (Å²) in [6.07, 6.45) is 1.95. The lowest BCUT2D eigenvalue weighted by molar-refractivity contribution is 0.402. The summed E-state index contributed by atoms with van der Waals surface area (Å²) in [7, 11) is -3.81. The van der Waals surface area contributed by atoms with Crippen LogP contribution >= 0.6 is 0 Å². The number of hydrogen-bond donors (Lipinski definition) is 2. The Kier molecular flexibility index (Phi) is 6.42. The van der Waals surface area contributed by atoms with Crippen molar-refractivity contribution in [3.8, 4) is 23.3 Å². The van der Waals surface area contributed by atoms with Gasteiger partial charge < -0.3 is 9.52 Å². The molecule has 3 N–H and O–H groups in total. The lowest BCUT2D eigenvalue weighted by Gasteiger charge is -2.10. The molecule has 0 aliphatic heterocycles. The van der Waals surface area contributed by atoms with Gasteiger partial charge in [0.2, 0.25) is 15.9 Å². The summed E-state index contributed by atoms with van der Waals surface area (Å²) in [4.78, 5) is 13.2. The van der Waals surface area contributed by atoms with E-state index in [9.17, 15) is 23.6 Å². The number of aromatic nitrogens is 1. The lowest BCUT2D eigenvalue weighted by Crippen LogP contribution is -2.46. The summed E-state index contributed by atoms with van der Waals surface area (Å²) in [5, 5.41) is 25.5. The molecular formula is C26H21N3O5S. The van der Waals surface area contributed by atoms with Crippen LogP contribution in [-0.2, 0) is 23.0 Å². The zero-order chi connectivity index (χ0) is 25.2. The van der Waals surface area contributed by atoms with Crippen LogP contribution in [0.25, 0.3) is 24.0 Å². The van der Waals surface area contributed by atoms with Gasteiger partial charge in [0.1, 0.15) is 23.2 Å². The van der Waals surface area contributed by atoms with Crippen LogP contribution in [0.3, 0.4) is 0 Å². The van der Waals surface area contributed by atoms with Gasteiger partial charge in [0.15, 0.2) is 0 Å². The van der Waals surface area contributed by atoms with Crippen molar-refractivity contribution in [3.63, 3.8) is 0 Å². The van der Waals surface area contributed by atoms with E-state index >= 15 is 0 Å². The zero-order valence-corrected chi connectivity index (χ0v) is 19.3. The molecule has 0 amide bonds. The van der Waals surface area contributed by atoms with E-state index in [0.29, 0.717) is 23.5 Å². The van der Waals surface area contributed by atoms with Gasteiger partial charge in [-0.3, -0.25) is 9.36 Å². The van der Waals surface area contributed by atoms with Crippen LogP contribution in [0.2, 0.25) is 0 Å². The molecule has 0 saturated carbocycles. The molecule has 4 rings (SSSR count). The number of nitrogens with zero attached hydrogens (tertiary/aromatic N) is 2. The summed E-state index contributed by atoms with van der Waals surface area (Å²) < 4.78 is 29.9. The average Bonchev–Trinajstić information content (AvgIpc) is 3.31. The van der Waals surface area contributed by atoms with Gasteiger partial charge in [-0.15, -0.1) is 0 Å². The first-order valence-corrected chi connectivity index (χ1v) is 12.1. The first kappa shape index (κ1) is 23.8. The monoisotopic (exact) mass is 487 g/mol. The minimum Gasteiger partial charge on any atom is -0.493 e. The number of rotatable bonds is 6. The molecule has 35 heavy (non-hydrogen) atoms. The van der Waals surface area contributed by atoms with Crippen molar-refractivity contribution in [2.75, 3.05) is 0 Å². The summed E-state index contributed by atoms with van der Waals surface area (Å²) >= 11 is 0. The lowest BCUT2D eigenvalue weighted by atomic mass is 10.1. The van der Waals surface area contributed by atoms with Gasteiger partial charge in [0.05, 0.1) is 10.1 Å². The quantitative estimate of drug-likeness (QED) is 0.425. The fourth-order valence-electron chi connectivity index (χ4n) is 3.67. The number of aryl methyl sites for hydroxylation is 1. The minimum atomic E-state index is -3.81. The standard InChI is InChI=1S/C26H21N3O5S/c1-17-22(15-20-9-12-24(34-20)19-7-10-21(11-8-19)35(28,32)33)25(30)29(26(31)23(17)16-27)14-13-18-5-3-2-4-6-18/h2-12,15,31H,1,13-14H2,(H2,28,32,33)/b22-15+. The molecular weight excluding hydrogens is 466 g/mol. The zero-order valence-electron chi connectivity index (χ0n) is 18.5. The Labute approximate surface area is 201 Å². The maximum atomic E-state index is 13.2. The number of nitriles is 1. The van der Waals surface area contributed by atoms with E-state index in [1.807, 2.05) is 36.4 Å². The largest absolute Gasteiger partial charge is 0.493 e. The molecule has 176 valence electrons. The molecule has 0 bridgehead atoms. The molecule has 8 nitrogen and oxygen atoms in total. The molecule has 0 spiro atoms. The maximum absolute atomic E-state index is 13.2. The van der Waals surface area contributed by atoms with Crippen LogP contribution in [-0.4, -0.2) is 18.1 Å². The number of benzene rings is 2. The number of sulfonamides is 1. The van der Waals surface area contributed by atoms with Crippen LogP contribution < -0.4 is 21.1 Å². The van der Waals surface area contributed by atoms with Gasteiger partial charge in [-0.1, -0.05) is 36.9 Å². The van der Waals surface area contributed by atoms with Gasteiger partial charge in [-0.25, -0.2) is 13.6 Å². The van der Waals surface area contributed by atoms with E-state index in [-0.39, 0.29) is 27.4 Å². The molecule has 0 atom stereocenters. The molecule has 0 unspecified atom stereocenters. The summed E-state index contributed by atoms with van der Waals surface area (Å²) in [5.74, 6) is 0.332. The third kappa shape index (κ3) is 4.94. The molecule has 0 fully saturated rings. The first-order chi connectivity index (χ1) is 16.7. The van der Waals surface area contributed by atoms with Crippen molar-refractivity contribution in [2.24, 2.45) is 5.14 Å². The van der Waals surface area contributed by atoms with Crippen molar-refractivity contribution in [2.45, 2.75) is 17.9 Å². The Bertz CT molecular complexity index is 1710. The highest BCUT2D eigenvalue weighted by molar-refractivity contribution is 7.89. The van der Waals surface area contributed by atoms with E-state index < -0.39 is 21.5 Å². The number of hydrogen-bond acceptors (Lipinski definition) is 6. The number of nitrogens with two attached hydrogens (primary N) is 1. The second-order valence-electron chi connectivity index (χ2n) is 7.81. The molecule has 0 aliphatic rings. The highest BCUT2D eigenvalue weighted by atomic mass is 32.2. The Morgan fingerprint density at radius 2 is 1.77 bits per heavy atom. The highest BCUT2D eigenvalue weighted by Gasteiger charge is 2.14. The van der Waals surface area contributed by atoms with Gasteiger partial charge in [-0.05, 0) is 54.5 Å². The van der Waals surface area contributed by atoms with E-state index in [1.54, 1.807) is 24.3 Å². The second kappa shape index (κ2) is 9.46. The fourth-order valence-corrected chi connectivity index (χ4v) is 4.19. The minimum absolute atomic E-state index is 0.0227. The predicted octanol–water partition coefficient (Wildman–Crippen LogP) is 1.81. The van der Waals surface area contributed by atoms with Crippen molar-refractivity contribution in [3.05, 3.63) is 104 Å². The van der Waals surface area contributed by atoms with Crippen LogP contribution in [0.4, 0.5) is 0 Å². The highest BCUT2D eigenvalue weighted by Crippen LogP contribution is 2.23. The average molecular weight is 488 g/mol. The van der Waals surface area contributed by atoms with Gasteiger partial charge in [0.25, 0.3) is 5.56 Å². The van der Waals surface area contributed by atoms with Crippen LogP contribution in [0, 0.1) is 11.3 Å². The van der Waals surface area contributed by atoms with Crippen molar-refractivity contribution in [1.29, 1.82) is 5.26 Å².